The lowest BCUT2D eigenvalue weighted by Crippen LogP contribution is -2.27. The minimum Gasteiger partial charge on any atom is -0.346 e. The third-order valence-corrected chi connectivity index (χ3v) is 4.12. The van der Waals surface area contributed by atoms with Gasteiger partial charge in [-0.05, 0) is 38.0 Å². The molecule has 0 saturated carbocycles. The fourth-order valence-electron chi connectivity index (χ4n) is 2.58. The molecule has 0 fully saturated rings. The van der Waals surface area contributed by atoms with Gasteiger partial charge in [-0.3, -0.25) is 9.78 Å². The van der Waals surface area contributed by atoms with Crippen LogP contribution in [0, 0.1) is 13.8 Å². The van der Waals surface area contributed by atoms with Crippen molar-refractivity contribution in [3.63, 3.8) is 0 Å². The van der Waals surface area contributed by atoms with Gasteiger partial charge in [-0.2, -0.15) is 5.10 Å². The van der Waals surface area contributed by atoms with Crippen LogP contribution in [-0.4, -0.2) is 31.1 Å². The minimum atomic E-state index is -0.390. The first-order valence-electron chi connectivity index (χ1n) is 7.83. The summed E-state index contributed by atoms with van der Waals surface area (Å²) in [5.74, 6) is 1.07. The lowest BCUT2D eigenvalue weighted by Gasteiger charge is -2.10. The number of aromatic amines is 3. The van der Waals surface area contributed by atoms with E-state index < -0.39 is 0 Å². The van der Waals surface area contributed by atoms with E-state index >= 15 is 0 Å². The molecular weight excluding hydrogens is 308 g/mol. The lowest BCUT2D eigenvalue weighted by molar-refractivity contribution is -0.121. The highest BCUT2D eigenvalue weighted by molar-refractivity contribution is 5.80. The number of nitrogens with zero attached hydrogens (tertiary/aromatic N) is 2. The highest BCUT2D eigenvalue weighted by Crippen LogP contribution is 2.19. The molecule has 1 amide bonds. The largest absolute Gasteiger partial charge is 0.346 e. The summed E-state index contributed by atoms with van der Waals surface area (Å²) in [5, 5.41) is 8.89. The quantitative estimate of drug-likeness (QED) is 0.566. The molecule has 4 N–H and O–H groups in total. The Bertz CT molecular complexity index is 936. The Morgan fingerprint density at radius 2 is 2.08 bits per heavy atom. The summed E-state index contributed by atoms with van der Waals surface area (Å²) in [6.45, 7) is 5.86. The van der Waals surface area contributed by atoms with Gasteiger partial charge in [0.2, 0.25) is 5.91 Å². The van der Waals surface area contributed by atoms with E-state index in [2.05, 4.69) is 43.5 Å². The van der Waals surface area contributed by atoms with E-state index in [1.807, 2.05) is 13.0 Å². The van der Waals surface area contributed by atoms with Crippen LogP contribution in [-0.2, 0) is 11.2 Å². The second kappa shape index (κ2) is 6.31. The van der Waals surface area contributed by atoms with Crippen molar-refractivity contribution in [1.29, 1.82) is 0 Å². The SMILES string of the molecule is Cc1ccc2[nH]c(CCC(=O)NC(C)c3n[nH]c(=O)[nH]3)nc2c1C. The first-order valence-corrected chi connectivity index (χ1v) is 7.83. The number of carbonyl (C=O) groups excluding carboxylic acids is 1. The van der Waals surface area contributed by atoms with E-state index in [-0.39, 0.29) is 17.6 Å². The Labute approximate surface area is 138 Å². The summed E-state index contributed by atoms with van der Waals surface area (Å²) in [5.41, 5.74) is 3.89. The van der Waals surface area contributed by atoms with E-state index in [1.54, 1.807) is 6.92 Å². The molecule has 0 spiro atoms. The number of aromatic nitrogens is 5. The molecule has 2 aromatic heterocycles. The molecule has 126 valence electrons. The monoisotopic (exact) mass is 328 g/mol. The second-order valence-electron chi connectivity index (χ2n) is 5.94. The molecule has 0 radical (unpaired) electrons. The number of hydrogen-bond donors (Lipinski definition) is 4. The summed E-state index contributed by atoms with van der Waals surface area (Å²) in [4.78, 5) is 33.5. The molecule has 8 heteroatoms. The Kier molecular flexibility index (Phi) is 4.20. The summed E-state index contributed by atoms with van der Waals surface area (Å²) in [6, 6.07) is 3.69. The normalized spacial score (nSPS) is 12.5. The number of carbonyl (C=O) groups is 1. The van der Waals surface area contributed by atoms with E-state index in [0.717, 1.165) is 22.4 Å². The highest BCUT2D eigenvalue weighted by atomic mass is 16.2. The Morgan fingerprint density at radius 3 is 2.79 bits per heavy atom. The Hall–Kier alpha value is -2.90. The third kappa shape index (κ3) is 3.22. The number of imidazole rings is 1. The standard InChI is InChI=1S/C16H20N6O2/c1-8-4-5-11-14(9(8)2)19-12(18-11)6-7-13(23)17-10(3)15-20-16(24)22-21-15/h4-5,10H,6-7H2,1-3H3,(H,17,23)(H,18,19)(H2,20,21,22,24). The topological polar surface area (TPSA) is 119 Å². The molecule has 0 aliphatic carbocycles. The van der Waals surface area contributed by atoms with Crippen molar-refractivity contribution in [2.75, 3.05) is 0 Å². The van der Waals surface area contributed by atoms with Crippen LogP contribution in [0.2, 0.25) is 0 Å². The van der Waals surface area contributed by atoms with Crippen LogP contribution >= 0.6 is 0 Å². The maximum absolute atomic E-state index is 12.1. The van der Waals surface area contributed by atoms with Crippen LogP contribution in [0.15, 0.2) is 16.9 Å². The van der Waals surface area contributed by atoms with Gasteiger partial charge in [0.25, 0.3) is 0 Å². The van der Waals surface area contributed by atoms with E-state index in [0.29, 0.717) is 18.7 Å². The fraction of sp³-hybridized carbons (Fsp3) is 0.375. The van der Waals surface area contributed by atoms with Crippen LogP contribution in [0.25, 0.3) is 11.0 Å². The molecule has 0 bridgehead atoms. The molecule has 24 heavy (non-hydrogen) atoms. The van der Waals surface area contributed by atoms with Crippen molar-refractivity contribution in [1.82, 2.24) is 30.5 Å². The van der Waals surface area contributed by atoms with E-state index in [9.17, 15) is 9.59 Å². The van der Waals surface area contributed by atoms with Crippen LogP contribution < -0.4 is 11.0 Å². The van der Waals surface area contributed by atoms with Gasteiger partial charge in [0.15, 0.2) is 5.82 Å². The van der Waals surface area contributed by atoms with Crippen LogP contribution in [0.1, 0.15) is 42.2 Å². The van der Waals surface area contributed by atoms with Crippen molar-refractivity contribution in [2.45, 2.75) is 39.7 Å². The molecule has 2 heterocycles. The number of nitrogens with one attached hydrogen (secondary N) is 4. The van der Waals surface area contributed by atoms with Gasteiger partial charge in [-0.1, -0.05) is 6.07 Å². The van der Waals surface area contributed by atoms with Gasteiger partial charge < -0.3 is 10.3 Å². The number of fused-ring (bicyclic) bond motifs is 1. The van der Waals surface area contributed by atoms with Gasteiger partial charge in [0, 0.05) is 12.8 Å². The van der Waals surface area contributed by atoms with Crippen molar-refractivity contribution in [2.24, 2.45) is 0 Å². The lowest BCUT2D eigenvalue weighted by atomic mass is 10.1. The first kappa shape index (κ1) is 16.0. The predicted octanol–water partition coefficient (Wildman–Crippen LogP) is 1.40. The summed E-state index contributed by atoms with van der Waals surface area (Å²) < 4.78 is 0. The molecule has 0 aliphatic heterocycles. The van der Waals surface area contributed by atoms with Gasteiger partial charge in [-0.15, -0.1) is 0 Å². The summed E-state index contributed by atoms with van der Waals surface area (Å²) >= 11 is 0. The molecule has 0 aliphatic rings. The zero-order chi connectivity index (χ0) is 17.3. The zero-order valence-electron chi connectivity index (χ0n) is 13.9. The van der Waals surface area contributed by atoms with Gasteiger partial charge in [0.1, 0.15) is 5.82 Å². The number of hydrogen-bond acceptors (Lipinski definition) is 4. The smallest absolute Gasteiger partial charge is 0.340 e. The highest BCUT2D eigenvalue weighted by Gasteiger charge is 2.14. The molecule has 1 atom stereocenters. The third-order valence-electron chi connectivity index (χ3n) is 4.12. The Balaban J connectivity index is 1.62. The minimum absolute atomic E-state index is 0.125. The van der Waals surface area contributed by atoms with Crippen molar-refractivity contribution in [3.05, 3.63) is 45.4 Å². The number of rotatable bonds is 5. The predicted molar refractivity (Wildman–Crippen MR) is 89.7 cm³/mol. The van der Waals surface area contributed by atoms with Crippen LogP contribution in [0.5, 0.6) is 0 Å². The van der Waals surface area contributed by atoms with Gasteiger partial charge in [0.05, 0.1) is 17.1 Å². The van der Waals surface area contributed by atoms with Gasteiger partial charge in [-0.25, -0.2) is 14.9 Å². The van der Waals surface area contributed by atoms with E-state index in [1.165, 1.54) is 5.56 Å². The van der Waals surface area contributed by atoms with Crippen LogP contribution in [0.4, 0.5) is 0 Å². The maximum atomic E-state index is 12.1. The summed E-state index contributed by atoms with van der Waals surface area (Å²) in [7, 11) is 0. The Morgan fingerprint density at radius 1 is 1.29 bits per heavy atom. The molecule has 8 nitrogen and oxygen atoms in total. The van der Waals surface area contributed by atoms with Crippen molar-refractivity contribution in [3.8, 4) is 0 Å². The van der Waals surface area contributed by atoms with Crippen molar-refractivity contribution < 1.29 is 4.79 Å². The number of H-pyrrole nitrogens is 3. The van der Waals surface area contributed by atoms with E-state index in [4.69, 9.17) is 0 Å². The summed E-state index contributed by atoms with van der Waals surface area (Å²) in [6.07, 6.45) is 0.819. The number of benzene rings is 1. The first-order chi connectivity index (χ1) is 11.4. The fourth-order valence-corrected chi connectivity index (χ4v) is 2.58. The molecule has 3 aromatic rings. The molecule has 1 aromatic carbocycles. The van der Waals surface area contributed by atoms with Gasteiger partial charge >= 0.3 is 5.69 Å². The zero-order valence-corrected chi connectivity index (χ0v) is 13.9. The second-order valence-corrected chi connectivity index (χ2v) is 5.94. The molecular formula is C16H20N6O2. The molecule has 3 rings (SSSR count). The average molecular weight is 328 g/mol. The number of aryl methyl sites for hydroxylation is 3. The molecule has 0 saturated heterocycles. The average Bonchev–Trinajstić information content (AvgIpc) is 3.15. The van der Waals surface area contributed by atoms with Crippen LogP contribution in [0.3, 0.4) is 0 Å². The molecule has 1 unspecified atom stereocenters. The maximum Gasteiger partial charge on any atom is 0.340 e. The van der Waals surface area contributed by atoms with Crippen molar-refractivity contribution >= 4 is 16.9 Å². The number of amides is 1.